The molecule has 0 aliphatic heterocycles. The van der Waals surface area contributed by atoms with Crippen molar-refractivity contribution in [2.45, 2.75) is 33.2 Å². The number of aromatic nitrogens is 2. The molecular formula is C17H22N4O2. The van der Waals surface area contributed by atoms with E-state index >= 15 is 0 Å². The van der Waals surface area contributed by atoms with E-state index in [1.54, 1.807) is 6.07 Å². The van der Waals surface area contributed by atoms with Crippen molar-refractivity contribution in [2.24, 2.45) is 0 Å². The van der Waals surface area contributed by atoms with Crippen LogP contribution in [0.2, 0.25) is 0 Å². The zero-order valence-electron chi connectivity index (χ0n) is 13.6. The average molecular weight is 314 g/mol. The summed E-state index contributed by atoms with van der Waals surface area (Å²) in [7, 11) is 0. The minimum absolute atomic E-state index is 0.0785. The molecule has 0 atom stereocenters. The van der Waals surface area contributed by atoms with E-state index in [1.165, 1.54) is 5.56 Å². The highest BCUT2D eigenvalue weighted by Crippen LogP contribution is 2.18. The van der Waals surface area contributed by atoms with Crippen molar-refractivity contribution in [2.75, 3.05) is 6.54 Å². The first-order valence-electron chi connectivity index (χ1n) is 7.65. The van der Waals surface area contributed by atoms with Gasteiger partial charge in [0.25, 0.3) is 5.91 Å². The highest BCUT2D eigenvalue weighted by Gasteiger charge is 2.11. The number of aromatic amines is 1. The molecule has 0 spiro atoms. The molecule has 0 saturated carbocycles. The Hall–Kier alpha value is -2.63. The number of nitrogens with one attached hydrogen (secondary N) is 3. The van der Waals surface area contributed by atoms with Crippen LogP contribution in [-0.2, 0) is 4.79 Å². The second kappa shape index (κ2) is 7.58. The average Bonchev–Trinajstić information content (AvgIpc) is 2.97. The molecule has 0 bridgehead atoms. The van der Waals surface area contributed by atoms with Gasteiger partial charge in [0.1, 0.15) is 5.69 Å². The molecule has 6 nitrogen and oxygen atoms in total. The van der Waals surface area contributed by atoms with Crippen molar-refractivity contribution < 1.29 is 9.59 Å². The number of hydrogen-bond donors (Lipinski definition) is 3. The normalized spacial score (nSPS) is 10.6. The molecule has 3 N–H and O–H groups in total. The first kappa shape index (κ1) is 16.7. The number of rotatable bonds is 6. The Kier molecular flexibility index (Phi) is 5.51. The fraction of sp³-hybridized carbons (Fsp3) is 0.353. The zero-order chi connectivity index (χ0) is 16.8. The Balaban J connectivity index is 1.89. The molecule has 2 aromatic rings. The van der Waals surface area contributed by atoms with Crippen molar-refractivity contribution in [1.29, 1.82) is 0 Å². The van der Waals surface area contributed by atoms with Gasteiger partial charge < -0.3 is 10.6 Å². The van der Waals surface area contributed by atoms with Crippen molar-refractivity contribution in [3.05, 3.63) is 41.6 Å². The summed E-state index contributed by atoms with van der Waals surface area (Å²) in [6.07, 6.45) is 0.253. The Labute approximate surface area is 135 Å². The highest BCUT2D eigenvalue weighted by atomic mass is 16.2. The first-order chi connectivity index (χ1) is 11.0. The molecule has 0 aliphatic carbocycles. The molecule has 0 fully saturated rings. The Morgan fingerprint density at radius 1 is 1.22 bits per heavy atom. The van der Waals surface area contributed by atoms with Gasteiger partial charge in [-0.1, -0.05) is 29.8 Å². The fourth-order valence-corrected chi connectivity index (χ4v) is 2.09. The van der Waals surface area contributed by atoms with Gasteiger partial charge in [-0.25, -0.2) is 0 Å². The number of H-pyrrole nitrogens is 1. The monoisotopic (exact) mass is 314 g/mol. The van der Waals surface area contributed by atoms with Gasteiger partial charge in [-0.2, -0.15) is 5.10 Å². The van der Waals surface area contributed by atoms with Crippen LogP contribution < -0.4 is 10.6 Å². The minimum atomic E-state index is -0.270. The molecule has 1 aromatic heterocycles. The van der Waals surface area contributed by atoms with E-state index in [9.17, 15) is 9.59 Å². The molecule has 122 valence electrons. The summed E-state index contributed by atoms with van der Waals surface area (Å²) in [6, 6.07) is 9.72. The quantitative estimate of drug-likeness (QED) is 0.762. The fourth-order valence-electron chi connectivity index (χ4n) is 2.09. The van der Waals surface area contributed by atoms with Gasteiger partial charge in [0.15, 0.2) is 0 Å². The number of amides is 2. The van der Waals surface area contributed by atoms with Crippen LogP contribution in [0.15, 0.2) is 30.3 Å². The number of carbonyl (C=O) groups is 2. The largest absolute Gasteiger partial charge is 0.354 e. The first-order valence-corrected chi connectivity index (χ1v) is 7.65. The van der Waals surface area contributed by atoms with E-state index in [1.807, 2.05) is 45.0 Å². The lowest BCUT2D eigenvalue weighted by Gasteiger charge is -2.08. The zero-order valence-corrected chi connectivity index (χ0v) is 13.6. The van der Waals surface area contributed by atoms with Crippen LogP contribution >= 0.6 is 0 Å². The predicted molar refractivity (Wildman–Crippen MR) is 89.0 cm³/mol. The van der Waals surface area contributed by atoms with Crippen LogP contribution in [0, 0.1) is 6.92 Å². The van der Waals surface area contributed by atoms with Crippen LogP contribution in [0.25, 0.3) is 11.3 Å². The summed E-state index contributed by atoms with van der Waals surface area (Å²) >= 11 is 0. The summed E-state index contributed by atoms with van der Waals surface area (Å²) in [5.41, 5.74) is 3.21. The van der Waals surface area contributed by atoms with E-state index in [0.717, 1.165) is 5.56 Å². The summed E-state index contributed by atoms with van der Waals surface area (Å²) in [6.45, 7) is 6.10. The third-order valence-corrected chi connectivity index (χ3v) is 3.26. The maximum absolute atomic E-state index is 12.0. The topological polar surface area (TPSA) is 86.9 Å². The summed E-state index contributed by atoms with van der Waals surface area (Å²) in [4.78, 5) is 23.5. The Morgan fingerprint density at radius 3 is 2.57 bits per heavy atom. The van der Waals surface area contributed by atoms with Gasteiger partial charge in [0.05, 0.1) is 5.69 Å². The van der Waals surface area contributed by atoms with E-state index < -0.39 is 0 Å². The maximum Gasteiger partial charge on any atom is 0.269 e. The van der Waals surface area contributed by atoms with Crippen molar-refractivity contribution in [3.63, 3.8) is 0 Å². The summed E-state index contributed by atoms with van der Waals surface area (Å²) in [5, 5.41) is 12.4. The molecule has 6 heteroatoms. The van der Waals surface area contributed by atoms with Crippen LogP contribution in [0.1, 0.15) is 36.3 Å². The van der Waals surface area contributed by atoms with E-state index in [2.05, 4.69) is 20.8 Å². The minimum Gasteiger partial charge on any atom is -0.354 e. The number of carbonyl (C=O) groups excluding carboxylic acids is 2. The summed E-state index contributed by atoms with van der Waals surface area (Å²) < 4.78 is 0. The smallest absolute Gasteiger partial charge is 0.269 e. The van der Waals surface area contributed by atoms with Crippen LogP contribution in [0.3, 0.4) is 0 Å². The highest BCUT2D eigenvalue weighted by molar-refractivity contribution is 5.93. The molecule has 0 unspecified atom stereocenters. The van der Waals surface area contributed by atoms with Gasteiger partial charge >= 0.3 is 0 Å². The lowest BCUT2D eigenvalue weighted by molar-refractivity contribution is -0.121. The lowest BCUT2D eigenvalue weighted by atomic mass is 10.1. The third-order valence-electron chi connectivity index (χ3n) is 3.26. The second-order valence-corrected chi connectivity index (χ2v) is 5.76. The van der Waals surface area contributed by atoms with E-state index in [0.29, 0.717) is 11.4 Å². The molecule has 2 amide bonds. The Morgan fingerprint density at radius 2 is 1.91 bits per heavy atom. The van der Waals surface area contributed by atoms with Crippen molar-refractivity contribution in [1.82, 2.24) is 20.8 Å². The maximum atomic E-state index is 12.0. The number of aryl methyl sites for hydroxylation is 1. The standard InChI is InChI=1S/C17H22N4O2/c1-11(2)19-16(22)8-9-18-17(23)15-10-14(20-21-15)13-6-4-12(3)5-7-13/h4-7,10-11H,8-9H2,1-3H3,(H,18,23)(H,19,22)(H,20,21). The second-order valence-electron chi connectivity index (χ2n) is 5.76. The van der Waals surface area contributed by atoms with Crippen molar-refractivity contribution >= 4 is 11.8 Å². The van der Waals surface area contributed by atoms with E-state index in [-0.39, 0.29) is 30.8 Å². The molecule has 0 radical (unpaired) electrons. The van der Waals surface area contributed by atoms with Gasteiger partial charge in [-0.05, 0) is 26.8 Å². The molecular weight excluding hydrogens is 292 g/mol. The molecule has 1 aromatic carbocycles. The van der Waals surface area contributed by atoms with Crippen molar-refractivity contribution in [3.8, 4) is 11.3 Å². The molecule has 0 saturated heterocycles. The SMILES string of the molecule is Cc1ccc(-c2cc(C(=O)NCCC(=O)NC(C)C)[nH]n2)cc1. The lowest BCUT2D eigenvalue weighted by Crippen LogP contribution is -2.34. The third kappa shape index (κ3) is 4.95. The van der Waals surface area contributed by atoms with Gasteiger partial charge in [-0.15, -0.1) is 0 Å². The van der Waals surface area contributed by atoms with E-state index in [4.69, 9.17) is 0 Å². The number of nitrogens with zero attached hydrogens (tertiary/aromatic N) is 1. The molecule has 1 heterocycles. The Bertz CT molecular complexity index is 674. The predicted octanol–water partition coefficient (Wildman–Crippen LogP) is 2.03. The molecule has 2 rings (SSSR count). The van der Waals surface area contributed by atoms with Gasteiger partial charge in [0.2, 0.25) is 5.91 Å². The van der Waals surface area contributed by atoms with Crippen LogP contribution in [0.5, 0.6) is 0 Å². The molecule has 23 heavy (non-hydrogen) atoms. The number of benzene rings is 1. The number of hydrogen-bond acceptors (Lipinski definition) is 3. The van der Waals surface area contributed by atoms with Gasteiger partial charge in [0, 0.05) is 24.6 Å². The van der Waals surface area contributed by atoms with Crippen LogP contribution in [0.4, 0.5) is 0 Å². The molecule has 0 aliphatic rings. The van der Waals surface area contributed by atoms with Gasteiger partial charge in [-0.3, -0.25) is 14.7 Å². The summed E-state index contributed by atoms with van der Waals surface area (Å²) in [5.74, 6) is -0.349. The van der Waals surface area contributed by atoms with Crippen LogP contribution in [-0.4, -0.2) is 34.6 Å².